The summed E-state index contributed by atoms with van der Waals surface area (Å²) in [4.78, 5) is 0. The number of anilines is 2. The van der Waals surface area contributed by atoms with Crippen LogP contribution in [-0.2, 0) is 13.1 Å². The van der Waals surface area contributed by atoms with E-state index in [1.54, 1.807) is 40.0 Å². The van der Waals surface area contributed by atoms with E-state index in [1.807, 2.05) is 38.2 Å². The van der Waals surface area contributed by atoms with Crippen molar-refractivity contribution in [2.75, 3.05) is 23.8 Å². The maximum absolute atomic E-state index is 14.0. The van der Waals surface area contributed by atoms with Gasteiger partial charge in [0.25, 0.3) is 0 Å². The summed E-state index contributed by atoms with van der Waals surface area (Å²) in [7, 11) is 0. The van der Waals surface area contributed by atoms with E-state index in [1.165, 1.54) is 6.07 Å². The van der Waals surface area contributed by atoms with Crippen molar-refractivity contribution in [3.63, 3.8) is 0 Å². The van der Waals surface area contributed by atoms with Gasteiger partial charge in [0.2, 0.25) is 0 Å². The van der Waals surface area contributed by atoms with Gasteiger partial charge in [0.15, 0.2) is 22.4 Å². The van der Waals surface area contributed by atoms with E-state index in [0.717, 1.165) is 17.0 Å². The minimum atomic E-state index is -0.374. The van der Waals surface area contributed by atoms with Crippen molar-refractivity contribution < 1.29 is 13.9 Å². The predicted molar refractivity (Wildman–Crippen MR) is 143 cm³/mol. The highest BCUT2D eigenvalue weighted by atomic mass is 35.5. The number of hydrogen-bond donors (Lipinski definition) is 2. The van der Waals surface area contributed by atoms with Crippen LogP contribution in [0, 0.1) is 5.82 Å². The second-order valence-electron chi connectivity index (χ2n) is 7.75. The summed E-state index contributed by atoms with van der Waals surface area (Å²) in [6.07, 6.45) is 5.26. The molecule has 36 heavy (non-hydrogen) atoms. The Hall–Kier alpha value is -3.63. The summed E-state index contributed by atoms with van der Waals surface area (Å²) in [6.45, 7) is 5.76. The first-order valence-electron chi connectivity index (χ1n) is 11.4. The van der Waals surface area contributed by atoms with Gasteiger partial charge in [0.1, 0.15) is 5.82 Å². The molecule has 4 rings (SSSR count). The summed E-state index contributed by atoms with van der Waals surface area (Å²) in [5, 5.41) is 15.6. The first kappa shape index (κ1) is 25.5. The summed E-state index contributed by atoms with van der Waals surface area (Å²) in [6, 6.07) is 12.2. The van der Waals surface area contributed by atoms with Crippen LogP contribution < -0.4 is 20.1 Å². The van der Waals surface area contributed by atoms with Gasteiger partial charge in [-0.25, -0.2) is 4.39 Å². The molecule has 0 spiro atoms. The first-order valence-corrected chi connectivity index (χ1v) is 12.2. The Labute approximate surface area is 219 Å². The fourth-order valence-corrected chi connectivity index (χ4v) is 3.98. The van der Waals surface area contributed by atoms with Crippen LogP contribution >= 0.6 is 23.8 Å². The third-order valence-electron chi connectivity index (χ3n) is 5.11. The molecule has 2 aromatic heterocycles. The summed E-state index contributed by atoms with van der Waals surface area (Å²) in [5.74, 6) is 1.58. The molecular formula is C25H26ClFN6O2S. The molecule has 0 aliphatic rings. The van der Waals surface area contributed by atoms with E-state index in [-0.39, 0.29) is 12.4 Å². The minimum Gasteiger partial charge on any atom is -0.490 e. The van der Waals surface area contributed by atoms with Crippen molar-refractivity contribution in [1.82, 2.24) is 19.6 Å². The minimum absolute atomic E-state index is 0.205. The maximum Gasteiger partial charge on any atom is 0.176 e. The molecule has 0 saturated carbocycles. The Kier molecular flexibility index (Phi) is 8.40. The highest BCUT2D eigenvalue weighted by Gasteiger charge is 2.11. The molecular weight excluding hydrogens is 503 g/mol. The molecule has 11 heteroatoms. The molecule has 0 aliphatic heterocycles. The van der Waals surface area contributed by atoms with Gasteiger partial charge in [-0.05, 0) is 55.9 Å². The third-order valence-corrected chi connectivity index (χ3v) is 5.67. The van der Waals surface area contributed by atoms with Crippen molar-refractivity contribution >= 4 is 40.4 Å². The number of thiocarbonyl (C=S) groups is 1. The largest absolute Gasteiger partial charge is 0.490 e. The third kappa shape index (κ3) is 6.52. The molecule has 0 unspecified atom stereocenters. The lowest BCUT2D eigenvalue weighted by atomic mass is 10.2. The van der Waals surface area contributed by atoms with Gasteiger partial charge in [0.05, 0.1) is 38.2 Å². The van der Waals surface area contributed by atoms with Crippen molar-refractivity contribution in [3.05, 3.63) is 83.0 Å². The SMILES string of the molecule is CCOc1ccc(Cn2cc(NC(=S)Nc3ccn(Cc4c(F)cccc4Cl)n3)cn2)cc1OCC. The summed E-state index contributed by atoms with van der Waals surface area (Å²) < 4.78 is 28.8. The Balaban J connectivity index is 1.34. The Morgan fingerprint density at radius 2 is 1.83 bits per heavy atom. The van der Waals surface area contributed by atoms with Crippen LogP contribution in [0.3, 0.4) is 0 Å². The molecule has 2 aromatic carbocycles. The molecule has 0 bridgehead atoms. The maximum atomic E-state index is 14.0. The number of nitrogens with one attached hydrogen (secondary N) is 2. The van der Waals surface area contributed by atoms with Crippen LogP contribution in [0.4, 0.5) is 15.9 Å². The van der Waals surface area contributed by atoms with Crippen molar-refractivity contribution in [2.24, 2.45) is 0 Å². The average molecular weight is 529 g/mol. The van der Waals surface area contributed by atoms with E-state index in [0.29, 0.717) is 47.0 Å². The quantitative estimate of drug-likeness (QED) is 0.260. The standard InChI is InChI=1S/C25H26ClFN6O2S/c1-3-34-22-9-8-17(12-23(22)35-4-2)14-33-15-18(13-28-33)29-25(36)30-24-10-11-32(31-24)16-19-20(26)6-5-7-21(19)27/h5-13,15H,3-4,14,16H2,1-2H3,(H2,29,30,31,36). The predicted octanol–water partition coefficient (Wildman–Crippen LogP) is 5.58. The van der Waals surface area contributed by atoms with Crippen molar-refractivity contribution in [2.45, 2.75) is 26.9 Å². The Morgan fingerprint density at radius 3 is 2.61 bits per heavy atom. The molecule has 0 amide bonds. The number of nitrogens with zero attached hydrogens (tertiary/aromatic N) is 4. The summed E-state index contributed by atoms with van der Waals surface area (Å²) in [5.41, 5.74) is 2.13. The molecule has 0 saturated heterocycles. The van der Waals surface area contributed by atoms with Gasteiger partial charge < -0.3 is 20.1 Å². The second kappa shape index (κ2) is 11.9. The zero-order chi connectivity index (χ0) is 25.5. The smallest absolute Gasteiger partial charge is 0.176 e. The Morgan fingerprint density at radius 1 is 1.03 bits per heavy atom. The van der Waals surface area contributed by atoms with E-state index in [9.17, 15) is 4.39 Å². The van der Waals surface area contributed by atoms with Crippen LogP contribution in [0.1, 0.15) is 25.0 Å². The van der Waals surface area contributed by atoms with E-state index < -0.39 is 0 Å². The molecule has 2 heterocycles. The Bertz CT molecular complexity index is 1320. The van der Waals surface area contributed by atoms with Crippen LogP contribution in [0.15, 0.2) is 61.1 Å². The topological polar surface area (TPSA) is 78.2 Å². The van der Waals surface area contributed by atoms with Crippen LogP contribution in [-0.4, -0.2) is 37.9 Å². The number of rotatable bonds is 10. The van der Waals surface area contributed by atoms with Crippen LogP contribution in [0.25, 0.3) is 0 Å². The van der Waals surface area contributed by atoms with Crippen LogP contribution in [0.5, 0.6) is 11.5 Å². The van der Waals surface area contributed by atoms with Gasteiger partial charge in [-0.1, -0.05) is 23.7 Å². The van der Waals surface area contributed by atoms with Gasteiger partial charge >= 0.3 is 0 Å². The van der Waals surface area contributed by atoms with E-state index >= 15 is 0 Å². The monoisotopic (exact) mass is 528 g/mol. The lowest BCUT2D eigenvalue weighted by Crippen LogP contribution is -2.19. The molecule has 4 aromatic rings. The average Bonchev–Trinajstić information content (AvgIpc) is 3.47. The number of hydrogen-bond acceptors (Lipinski definition) is 5. The lowest BCUT2D eigenvalue weighted by molar-refractivity contribution is 0.287. The first-order chi connectivity index (χ1) is 17.4. The van der Waals surface area contributed by atoms with Gasteiger partial charge in [-0.2, -0.15) is 10.2 Å². The summed E-state index contributed by atoms with van der Waals surface area (Å²) >= 11 is 11.5. The zero-order valence-electron chi connectivity index (χ0n) is 19.9. The lowest BCUT2D eigenvalue weighted by Gasteiger charge is -2.12. The highest BCUT2D eigenvalue weighted by Crippen LogP contribution is 2.29. The second-order valence-corrected chi connectivity index (χ2v) is 8.57. The molecule has 188 valence electrons. The molecule has 0 aliphatic carbocycles. The zero-order valence-corrected chi connectivity index (χ0v) is 21.4. The van der Waals surface area contributed by atoms with Gasteiger partial charge in [-0.3, -0.25) is 9.36 Å². The number of halogens is 2. The molecule has 0 fully saturated rings. The molecule has 0 radical (unpaired) electrons. The number of ether oxygens (including phenoxy) is 2. The normalized spacial score (nSPS) is 10.8. The van der Waals surface area contributed by atoms with Crippen molar-refractivity contribution in [1.29, 1.82) is 0 Å². The van der Waals surface area contributed by atoms with Gasteiger partial charge in [0, 0.05) is 29.0 Å². The number of aromatic nitrogens is 4. The fraction of sp³-hybridized carbons (Fsp3) is 0.240. The molecule has 8 nitrogen and oxygen atoms in total. The highest BCUT2D eigenvalue weighted by molar-refractivity contribution is 7.80. The number of benzene rings is 2. The van der Waals surface area contributed by atoms with Crippen molar-refractivity contribution in [3.8, 4) is 11.5 Å². The molecule has 2 N–H and O–H groups in total. The molecule has 0 atom stereocenters. The van der Waals surface area contributed by atoms with E-state index in [2.05, 4.69) is 20.8 Å². The van der Waals surface area contributed by atoms with Gasteiger partial charge in [-0.15, -0.1) is 0 Å². The fourth-order valence-electron chi connectivity index (χ4n) is 3.54. The van der Waals surface area contributed by atoms with Crippen LogP contribution in [0.2, 0.25) is 5.02 Å². The van der Waals surface area contributed by atoms with E-state index in [4.69, 9.17) is 33.3 Å².